The number of nitrogens with one attached hydrogen (secondary N) is 4. The summed E-state index contributed by atoms with van der Waals surface area (Å²) >= 11 is 0. The molecule has 318 valence electrons. The lowest BCUT2D eigenvalue weighted by atomic mass is 9.96. The smallest absolute Gasteiger partial charge is 0.407 e. The molecule has 2 aromatic heterocycles. The van der Waals surface area contributed by atoms with Crippen molar-refractivity contribution in [2.24, 2.45) is 11.8 Å². The quantitative estimate of drug-likeness (QED) is 0.100. The van der Waals surface area contributed by atoms with Crippen LogP contribution >= 0.6 is 0 Å². The monoisotopic (exact) mass is 834 g/mol. The third-order valence-electron chi connectivity index (χ3n) is 12.9. The topological polar surface area (TPSA) is 175 Å². The van der Waals surface area contributed by atoms with Gasteiger partial charge in [-0.25, -0.2) is 19.6 Å². The molecule has 1 aliphatic carbocycles. The summed E-state index contributed by atoms with van der Waals surface area (Å²) in [7, 11) is 2.58. The van der Waals surface area contributed by atoms with E-state index in [0.717, 1.165) is 74.9 Å². The van der Waals surface area contributed by atoms with Gasteiger partial charge in [-0.15, -0.1) is 0 Å². The molecule has 62 heavy (non-hydrogen) atoms. The van der Waals surface area contributed by atoms with E-state index in [1.54, 1.807) is 11.1 Å². The summed E-state index contributed by atoms with van der Waals surface area (Å²) < 4.78 is 9.69. The maximum absolute atomic E-state index is 14.4. The molecule has 4 amide bonds. The third kappa shape index (κ3) is 7.32. The van der Waals surface area contributed by atoms with Crippen molar-refractivity contribution >= 4 is 45.8 Å². The van der Waals surface area contributed by atoms with E-state index in [1.807, 2.05) is 67.3 Å². The first-order valence-corrected chi connectivity index (χ1v) is 21.1. The fourth-order valence-electron chi connectivity index (χ4n) is 9.74. The number of hydrogen-bond donors (Lipinski definition) is 4. The fourth-order valence-corrected chi connectivity index (χ4v) is 9.74. The van der Waals surface area contributed by atoms with E-state index in [2.05, 4.69) is 63.6 Å². The van der Waals surface area contributed by atoms with Crippen molar-refractivity contribution in [1.29, 1.82) is 0 Å². The third-order valence-corrected chi connectivity index (χ3v) is 12.9. The number of methoxy groups -OCH3 is 2. The molecule has 6 aromatic rings. The van der Waals surface area contributed by atoms with Crippen LogP contribution in [0.3, 0.4) is 0 Å². The lowest BCUT2D eigenvalue weighted by molar-refractivity contribution is -0.138. The number of rotatable bonds is 10. The van der Waals surface area contributed by atoms with Gasteiger partial charge in [0.1, 0.15) is 29.8 Å². The minimum Gasteiger partial charge on any atom is -0.453 e. The molecule has 0 radical (unpaired) electrons. The number of amides is 4. The first-order chi connectivity index (χ1) is 30.0. The molecule has 4 heterocycles. The second-order valence-electron chi connectivity index (χ2n) is 16.9. The maximum atomic E-state index is 14.4. The van der Waals surface area contributed by atoms with E-state index >= 15 is 0 Å². The van der Waals surface area contributed by atoms with Gasteiger partial charge >= 0.3 is 12.2 Å². The number of piperidine rings is 1. The van der Waals surface area contributed by atoms with Crippen molar-refractivity contribution < 1.29 is 28.7 Å². The Labute approximate surface area is 359 Å². The Bertz CT molecular complexity index is 2690. The molecule has 9 rings (SSSR count). The summed E-state index contributed by atoms with van der Waals surface area (Å²) in [5.74, 6) is 1.11. The average molecular weight is 835 g/mol. The molecule has 2 saturated heterocycles. The van der Waals surface area contributed by atoms with Gasteiger partial charge in [-0.1, -0.05) is 93.2 Å². The van der Waals surface area contributed by atoms with Crippen LogP contribution in [0.2, 0.25) is 0 Å². The number of aromatic amines is 2. The lowest BCUT2D eigenvalue weighted by Crippen LogP contribution is -2.51. The van der Waals surface area contributed by atoms with Crippen LogP contribution < -0.4 is 10.6 Å². The number of fused-ring (bicyclic) bond motifs is 5. The Morgan fingerprint density at radius 1 is 0.823 bits per heavy atom. The van der Waals surface area contributed by atoms with Gasteiger partial charge in [-0.2, -0.15) is 0 Å². The summed E-state index contributed by atoms with van der Waals surface area (Å²) in [6.07, 6.45) is 3.92. The molecule has 14 nitrogen and oxygen atoms in total. The summed E-state index contributed by atoms with van der Waals surface area (Å²) in [5, 5.41) is 7.56. The number of benzene rings is 4. The molecule has 0 spiro atoms. The van der Waals surface area contributed by atoms with Crippen LogP contribution in [0.1, 0.15) is 74.9 Å². The SMILES string of the molecule is C=C1CCN(C(=O)[C@@H](NC(=O)OC)C(C)C)[C@@H]1c1ncc(-c2ccc(-c3ccc4c(ccc5nc([C@@H]6[C@H]7CC[C@H](C7)N6C(=O)[C@H](NC(=O)OC)c6ccccc6)[nH]c54)c3)cc2)[nH]1. The Kier molecular flexibility index (Phi) is 10.8. The molecular weight excluding hydrogens is 785 g/mol. The molecule has 4 aromatic carbocycles. The number of imidazole rings is 2. The zero-order chi connectivity index (χ0) is 43.2. The van der Waals surface area contributed by atoms with Crippen molar-refractivity contribution in [3.63, 3.8) is 0 Å². The molecule has 1 saturated carbocycles. The molecule has 4 N–H and O–H groups in total. The number of alkyl carbamates (subject to hydrolysis) is 2. The highest BCUT2D eigenvalue weighted by Gasteiger charge is 2.51. The maximum Gasteiger partial charge on any atom is 0.407 e. The molecule has 14 heteroatoms. The number of aromatic nitrogens is 4. The lowest BCUT2D eigenvalue weighted by Gasteiger charge is -2.36. The summed E-state index contributed by atoms with van der Waals surface area (Å²) in [6, 6.07) is 25.8. The van der Waals surface area contributed by atoms with E-state index in [0.29, 0.717) is 24.4 Å². The molecule has 3 aliphatic rings. The Morgan fingerprint density at radius 2 is 1.55 bits per heavy atom. The van der Waals surface area contributed by atoms with Gasteiger partial charge in [-0.3, -0.25) is 9.59 Å². The normalized spacial score (nSPS) is 20.5. The molecule has 6 atom stereocenters. The minimum absolute atomic E-state index is 0.0616. The van der Waals surface area contributed by atoms with Gasteiger partial charge in [-0.05, 0) is 82.9 Å². The largest absolute Gasteiger partial charge is 0.453 e. The van der Waals surface area contributed by atoms with Gasteiger partial charge in [0.05, 0.1) is 43.2 Å². The van der Waals surface area contributed by atoms with Crippen LogP contribution in [0, 0.1) is 11.8 Å². The van der Waals surface area contributed by atoms with E-state index in [4.69, 9.17) is 19.4 Å². The Balaban J connectivity index is 0.944. The van der Waals surface area contributed by atoms with E-state index in [-0.39, 0.29) is 35.7 Å². The van der Waals surface area contributed by atoms with Crippen molar-refractivity contribution in [3.05, 3.63) is 120 Å². The minimum atomic E-state index is -0.886. The molecule has 2 bridgehead atoms. The van der Waals surface area contributed by atoms with Gasteiger partial charge in [0, 0.05) is 18.0 Å². The predicted molar refractivity (Wildman–Crippen MR) is 234 cm³/mol. The van der Waals surface area contributed by atoms with E-state index < -0.39 is 30.3 Å². The molecular formula is C48H50N8O6. The highest BCUT2D eigenvalue weighted by molar-refractivity contribution is 6.05. The second kappa shape index (κ2) is 16.5. The number of nitrogens with zero attached hydrogens (tertiary/aromatic N) is 4. The summed E-state index contributed by atoms with van der Waals surface area (Å²) in [4.78, 5) is 73.2. The van der Waals surface area contributed by atoms with Crippen molar-refractivity contribution in [2.45, 2.75) is 69.7 Å². The Morgan fingerprint density at radius 3 is 2.29 bits per heavy atom. The predicted octanol–water partition coefficient (Wildman–Crippen LogP) is 8.13. The van der Waals surface area contributed by atoms with E-state index in [9.17, 15) is 19.2 Å². The number of hydrogen-bond acceptors (Lipinski definition) is 8. The average Bonchev–Trinajstić information content (AvgIpc) is 4.16. The summed E-state index contributed by atoms with van der Waals surface area (Å²) in [6.45, 7) is 8.50. The van der Waals surface area contributed by atoms with Crippen LogP contribution in [0.25, 0.3) is 44.2 Å². The van der Waals surface area contributed by atoms with Crippen molar-refractivity contribution in [1.82, 2.24) is 40.4 Å². The van der Waals surface area contributed by atoms with Gasteiger partial charge in [0.15, 0.2) is 0 Å². The molecule has 2 aliphatic heterocycles. The fraction of sp³-hybridized carbons (Fsp3) is 0.333. The standard InChI is InChI=1S/C48H50N8O6/c1-26(2)38(53-47(59)61-4)45(57)55-22-21-27(3)41(55)43-49-25-37(51-43)29-13-11-28(12-14-29)31-16-19-35-32(23-31)17-20-36-40(35)52-44(50-36)42-33-15-18-34(24-33)56(42)46(58)39(54-48(60)62-5)30-9-7-6-8-10-30/h6-14,16-17,19-20,23,25-26,33-34,38-39,41-42H,3,15,18,21-22,24H2,1-2,4-5H3,(H,49,51)(H,50,52)(H,53,59)(H,54,60)/t33-,34+,38-,39+,41-,42-/m0/s1. The van der Waals surface area contributed by atoms with Crippen LogP contribution in [-0.4, -0.2) is 86.6 Å². The number of carbonyl (C=O) groups excluding carboxylic acids is 4. The van der Waals surface area contributed by atoms with Crippen LogP contribution in [0.4, 0.5) is 9.59 Å². The molecule has 0 unspecified atom stereocenters. The molecule has 3 fully saturated rings. The van der Waals surface area contributed by atoms with Gasteiger partial charge in [0.2, 0.25) is 5.91 Å². The van der Waals surface area contributed by atoms with Gasteiger partial charge in [0.25, 0.3) is 5.91 Å². The highest BCUT2D eigenvalue weighted by atomic mass is 16.5. The first kappa shape index (κ1) is 40.4. The van der Waals surface area contributed by atoms with Crippen LogP contribution in [0.5, 0.6) is 0 Å². The van der Waals surface area contributed by atoms with E-state index in [1.165, 1.54) is 14.2 Å². The number of carbonyl (C=O) groups is 4. The summed E-state index contributed by atoms with van der Waals surface area (Å²) in [5.41, 5.74) is 7.18. The number of ether oxygens (including phenoxy) is 2. The number of H-pyrrole nitrogens is 2. The zero-order valence-electron chi connectivity index (χ0n) is 35.2. The number of likely N-dealkylation sites (tertiary alicyclic amines) is 2. The first-order valence-electron chi connectivity index (χ1n) is 21.1. The zero-order valence-corrected chi connectivity index (χ0v) is 35.2. The highest BCUT2D eigenvalue weighted by Crippen LogP contribution is 2.51. The Hall–Kier alpha value is -6.96. The van der Waals surface area contributed by atoms with Crippen LogP contribution in [-0.2, 0) is 19.1 Å². The second-order valence-corrected chi connectivity index (χ2v) is 16.9. The van der Waals surface area contributed by atoms with Crippen molar-refractivity contribution in [2.75, 3.05) is 20.8 Å². The van der Waals surface area contributed by atoms with Crippen molar-refractivity contribution in [3.8, 4) is 22.4 Å². The van der Waals surface area contributed by atoms with Crippen LogP contribution in [0.15, 0.2) is 103 Å². The van der Waals surface area contributed by atoms with Gasteiger partial charge < -0.3 is 39.9 Å².